The average molecular weight is 433 g/mol. The fraction of sp³-hybridized carbons (Fsp3) is 0.211. The van der Waals surface area contributed by atoms with E-state index in [4.69, 9.17) is 21.1 Å². The van der Waals surface area contributed by atoms with E-state index < -0.39 is 10.8 Å². The molecule has 0 saturated heterocycles. The first-order valence-electron chi connectivity index (χ1n) is 8.80. The summed E-state index contributed by atoms with van der Waals surface area (Å²) in [4.78, 5) is 34.5. The van der Waals surface area contributed by atoms with Crippen molar-refractivity contribution in [2.24, 2.45) is 5.10 Å². The highest BCUT2D eigenvalue weighted by molar-refractivity contribution is 6.34. The van der Waals surface area contributed by atoms with E-state index in [1.165, 1.54) is 6.07 Å². The van der Waals surface area contributed by atoms with Crippen LogP contribution >= 0.6 is 11.6 Å². The van der Waals surface area contributed by atoms with Crippen molar-refractivity contribution in [2.45, 2.75) is 13.3 Å². The Balaban J connectivity index is 1.56. The van der Waals surface area contributed by atoms with E-state index in [1.807, 2.05) is 0 Å². The largest absolute Gasteiger partial charge is 0.486 e. The maximum Gasteiger partial charge on any atom is 0.272 e. The highest BCUT2D eigenvalue weighted by atomic mass is 35.5. The monoisotopic (exact) mass is 432 g/mol. The van der Waals surface area contributed by atoms with Crippen LogP contribution in [0.4, 0.5) is 11.4 Å². The van der Waals surface area contributed by atoms with E-state index in [-0.39, 0.29) is 28.6 Å². The summed E-state index contributed by atoms with van der Waals surface area (Å²) in [5, 5.41) is 17.2. The number of non-ortho nitro benzene ring substituents is 1. The molecule has 0 spiro atoms. The summed E-state index contributed by atoms with van der Waals surface area (Å²) in [5.41, 5.74) is 2.96. The lowest BCUT2D eigenvalue weighted by molar-refractivity contribution is -0.384. The van der Waals surface area contributed by atoms with Gasteiger partial charge in [0, 0.05) is 29.6 Å². The van der Waals surface area contributed by atoms with Gasteiger partial charge in [0.15, 0.2) is 11.5 Å². The minimum atomic E-state index is -0.651. The van der Waals surface area contributed by atoms with Gasteiger partial charge in [0.25, 0.3) is 11.6 Å². The molecular weight excluding hydrogens is 416 g/mol. The number of ether oxygens (including phenoxy) is 2. The maximum atomic E-state index is 12.2. The van der Waals surface area contributed by atoms with Gasteiger partial charge in [-0.1, -0.05) is 11.6 Å². The van der Waals surface area contributed by atoms with Crippen LogP contribution in [0.25, 0.3) is 0 Å². The Bertz CT molecular complexity index is 1040. The Hall–Kier alpha value is -3.66. The van der Waals surface area contributed by atoms with Crippen molar-refractivity contribution in [3.05, 3.63) is 57.1 Å². The Morgan fingerprint density at radius 3 is 2.60 bits per heavy atom. The van der Waals surface area contributed by atoms with Gasteiger partial charge in [0.2, 0.25) is 5.91 Å². The van der Waals surface area contributed by atoms with E-state index >= 15 is 0 Å². The van der Waals surface area contributed by atoms with Crippen LogP contribution < -0.4 is 20.2 Å². The number of nitro benzene ring substituents is 1. The van der Waals surface area contributed by atoms with Gasteiger partial charge >= 0.3 is 0 Å². The van der Waals surface area contributed by atoms with Crippen LogP contribution in [0.15, 0.2) is 41.5 Å². The normalized spacial score (nSPS) is 12.8. The number of nitrogens with zero attached hydrogens (tertiary/aromatic N) is 2. The molecule has 0 radical (unpaired) electrons. The second kappa shape index (κ2) is 9.23. The van der Waals surface area contributed by atoms with E-state index in [2.05, 4.69) is 15.8 Å². The van der Waals surface area contributed by atoms with Crippen molar-refractivity contribution < 1.29 is 24.0 Å². The van der Waals surface area contributed by atoms with Gasteiger partial charge in [0.05, 0.1) is 21.9 Å². The molecule has 0 aliphatic carbocycles. The molecule has 2 N–H and O–H groups in total. The third kappa shape index (κ3) is 5.23. The zero-order valence-electron chi connectivity index (χ0n) is 15.8. The summed E-state index contributed by atoms with van der Waals surface area (Å²) in [6.45, 7) is 2.49. The Morgan fingerprint density at radius 1 is 1.17 bits per heavy atom. The SMILES string of the molecule is C/C(CC(=O)Nc1ccc2c(c1)OCCO2)=N\NC(=O)c1ccc([N+](=O)[O-])cc1Cl. The van der Waals surface area contributed by atoms with Gasteiger partial charge in [-0.05, 0) is 25.1 Å². The molecule has 0 saturated carbocycles. The molecule has 0 fully saturated rings. The number of hydrazone groups is 1. The second-order valence-corrected chi connectivity index (χ2v) is 6.70. The lowest BCUT2D eigenvalue weighted by Crippen LogP contribution is -2.22. The minimum Gasteiger partial charge on any atom is -0.486 e. The van der Waals surface area contributed by atoms with E-state index in [1.54, 1.807) is 25.1 Å². The van der Waals surface area contributed by atoms with Crippen molar-refractivity contribution in [2.75, 3.05) is 18.5 Å². The standard InChI is InChI=1S/C19H17ClN4O6/c1-11(22-23-19(26)14-4-3-13(24(27)28)10-15(14)20)8-18(25)21-12-2-5-16-17(9-12)30-7-6-29-16/h2-5,9-10H,6-8H2,1H3,(H,21,25)(H,23,26)/b22-11+. The van der Waals surface area contributed by atoms with Crippen LogP contribution in [0.1, 0.15) is 23.7 Å². The van der Waals surface area contributed by atoms with Gasteiger partial charge in [0.1, 0.15) is 13.2 Å². The molecule has 0 bridgehead atoms. The summed E-state index contributed by atoms with van der Waals surface area (Å²) in [5.74, 6) is 0.179. The second-order valence-electron chi connectivity index (χ2n) is 6.29. The van der Waals surface area contributed by atoms with Gasteiger partial charge in [-0.2, -0.15) is 5.10 Å². The highest BCUT2D eigenvalue weighted by Crippen LogP contribution is 2.32. The number of carbonyl (C=O) groups is 2. The molecule has 0 unspecified atom stereocenters. The zero-order chi connectivity index (χ0) is 21.7. The van der Waals surface area contributed by atoms with Crippen molar-refractivity contribution in [1.29, 1.82) is 0 Å². The fourth-order valence-electron chi connectivity index (χ4n) is 2.61. The zero-order valence-corrected chi connectivity index (χ0v) is 16.6. The molecule has 10 nitrogen and oxygen atoms in total. The van der Waals surface area contributed by atoms with E-state index in [0.717, 1.165) is 12.1 Å². The van der Waals surface area contributed by atoms with Crippen LogP contribution in [-0.2, 0) is 4.79 Å². The third-order valence-electron chi connectivity index (χ3n) is 4.00. The molecule has 3 rings (SSSR count). The quantitative estimate of drug-likeness (QED) is 0.409. The summed E-state index contributed by atoms with van der Waals surface area (Å²) in [7, 11) is 0. The Kier molecular flexibility index (Phi) is 6.48. The summed E-state index contributed by atoms with van der Waals surface area (Å²) >= 11 is 5.91. The Labute approximate surface area is 176 Å². The first-order chi connectivity index (χ1) is 14.3. The molecule has 1 aliphatic rings. The molecule has 2 amide bonds. The number of rotatable bonds is 6. The first-order valence-corrected chi connectivity index (χ1v) is 9.18. The number of benzene rings is 2. The van der Waals surface area contributed by atoms with Crippen LogP contribution in [0.5, 0.6) is 11.5 Å². The molecule has 2 aromatic rings. The predicted molar refractivity (Wildman–Crippen MR) is 109 cm³/mol. The number of fused-ring (bicyclic) bond motifs is 1. The van der Waals surface area contributed by atoms with Gasteiger partial charge in [-0.15, -0.1) is 0 Å². The molecule has 0 atom stereocenters. The average Bonchev–Trinajstić information content (AvgIpc) is 2.71. The highest BCUT2D eigenvalue weighted by Gasteiger charge is 2.16. The van der Waals surface area contributed by atoms with Crippen LogP contribution in [0.3, 0.4) is 0 Å². The number of hydrogen-bond acceptors (Lipinski definition) is 7. The first kappa shape index (κ1) is 21.1. The number of halogens is 1. The molecule has 1 aliphatic heterocycles. The van der Waals surface area contributed by atoms with E-state index in [0.29, 0.717) is 36.1 Å². The Morgan fingerprint density at radius 2 is 1.90 bits per heavy atom. The van der Waals surface area contributed by atoms with Crippen LogP contribution in [-0.4, -0.2) is 35.7 Å². The number of nitrogens with one attached hydrogen (secondary N) is 2. The van der Waals surface area contributed by atoms with E-state index in [9.17, 15) is 19.7 Å². The number of anilines is 1. The van der Waals surface area contributed by atoms with Crippen molar-refractivity contribution >= 4 is 40.5 Å². The molecule has 30 heavy (non-hydrogen) atoms. The summed E-state index contributed by atoms with van der Waals surface area (Å²) in [6.07, 6.45) is -0.0668. The fourth-order valence-corrected chi connectivity index (χ4v) is 2.87. The topological polar surface area (TPSA) is 132 Å². The van der Waals surface area contributed by atoms with Gasteiger partial charge in [-0.25, -0.2) is 5.43 Å². The molecule has 156 valence electrons. The van der Waals surface area contributed by atoms with Crippen molar-refractivity contribution in [3.63, 3.8) is 0 Å². The van der Waals surface area contributed by atoms with Crippen LogP contribution in [0, 0.1) is 10.1 Å². The van der Waals surface area contributed by atoms with Crippen LogP contribution in [0.2, 0.25) is 5.02 Å². The predicted octanol–water partition coefficient (Wildman–Crippen LogP) is 3.15. The molecular formula is C19H17ClN4O6. The smallest absolute Gasteiger partial charge is 0.272 e. The number of hydrogen-bond donors (Lipinski definition) is 2. The minimum absolute atomic E-state index is 0.0274. The maximum absolute atomic E-state index is 12.2. The number of carbonyl (C=O) groups excluding carboxylic acids is 2. The third-order valence-corrected chi connectivity index (χ3v) is 4.31. The molecule has 2 aromatic carbocycles. The lowest BCUT2D eigenvalue weighted by Gasteiger charge is -2.19. The summed E-state index contributed by atoms with van der Waals surface area (Å²) < 4.78 is 10.9. The number of amides is 2. The van der Waals surface area contributed by atoms with Crippen molar-refractivity contribution in [1.82, 2.24) is 5.43 Å². The van der Waals surface area contributed by atoms with Crippen molar-refractivity contribution in [3.8, 4) is 11.5 Å². The molecule has 0 aromatic heterocycles. The van der Waals surface area contributed by atoms with Gasteiger partial charge < -0.3 is 14.8 Å². The lowest BCUT2D eigenvalue weighted by atomic mass is 10.2. The molecule has 11 heteroatoms. The summed E-state index contributed by atoms with van der Waals surface area (Å²) in [6, 6.07) is 8.54. The number of nitro groups is 1. The van der Waals surface area contributed by atoms with Gasteiger partial charge in [-0.3, -0.25) is 19.7 Å². The molecule has 1 heterocycles.